The molecule has 0 bridgehead atoms. The second-order valence-electron chi connectivity index (χ2n) is 6.94. The summed E-state index contributed by atoms with van der Waals surface area (Å²) in [6.45, 7) is 0.847. The van der Waals surface area contributed by atoms with Crippen molar-refractivity contribution in [3.05, 3.63) is 71.7 Å². The van der Waals surface area contributed by atoms with Crippen LogP contribution in [0, 0.1) is 0 Å². The number of ether oxygens (including phenoxy) is 3. The Morgan fingerprint density at radius 2 is 1.59 bits per heavy atom. The number of esters is 1. The predicted octanol–water partition coefficient (Wildman–Crippen LogP) is 3.55. The van der Waals surface area contributed by atoms with Crippen LogP contribution in [0.3, 0.4) is 0 Å². The molecule has 3 rings (SSSR count). The number of rotatable bonds is 9. The van der Waals surface area contributed by atoms with Crippen LogP contribution < -0.4 is 20.1 Å². The average molecular weight is 466 g/mol. The van der Waals surface area contributed by atoms with Crippen molar-refractivity contribution in [2.24, 2.45) is 0 Å². The van der Waals surface area contributed by atoms with E-state index in [1.165, 1.54) is 45.6 Å². The van der Waals surface area contributed by atoms with E-state index in [9.17, 15) is 19.2 Å². The summed E-state index contributed by atoms with van der Waals surface area (Å²) in [5.74, 6) is -1.65. The van der Waals surface area contributed by atoms with Crippen LogP contribution in [0.15, 0.2) is 59.2 Å². The van der Waals surface area contributed by atoms with Crippen LogP contribution in [-0.4, -0.2) is 44.4 Å². The number of nitrogens with one attached hydrogen (secondary N) is 2. The van der Waals surface area contributed by atoms with Crippen LogP contribution >= 0.6 is 0 Å². The lowest BCUT2D eigenvalue weighted by molar-refractivity contribution is -0.119. The number of ketones is 1. The highest BCUT2D eigenvalue weighted by Gasteiger charge is 2.22. The number of hydrogen-bond donors (Lipinski definition) is 2. The zero-order chi connectivity index (χ0) is 24.7. The van der Waals surface area contributed by atoms with Crippen molar-refractivity contribution in [2.75, 3.05) is 31.5 Å². The molecule has 2 aromatic carbocycles. The quantitative estimate of drug-likeness (QED) is 0.361. The lowest BCUT2D eigenvalue weighted by Gasteiger charge is -2.15. The summed E-state index contributed by atoms with van der Waals surface area (Å²) < 4.78 is 20.7. The van der Waals surface area contributed by atoms with E-state index in [1.54, 1.807) is 30.3 Å². The average Bonchev–Trinajstić information content (AvgIpc) is 3.38. The molecule has 2 amide bonds. The molecule has 3 aromatic rings. The maximum Gasteiger partial charge on any atom is 0.340 e. The summed E-state index contributed by atoms with van der Waals surface area (Å²) in [5.41, 5.74) is 0.950. The van der Waals surface area contributed by atoms with Gasteiger partial charge in [0.15, 0.2) is 29.6 Å². The number of carbonyl (C=O) groups excluding carboxylic acids is 4. The molecule has 0 fully saturated rings. The molecular weight excluding hydrogens is 444 g/mol. The minimum atomic E-state index is -0.877. The second-order valence-corrected chi connectivity index (χ2v) is 6.94. The van der Waals surface area contributed by atoms with E-state index in [0.717, 1.165) is 0 Å². The summed E-state index contributed by atoms with van der Waals surface area (Å²) in [6.07, 6.45) is 1.34. The van der Waals surface area contributed by atoms with Crippen LogP contribution in [0.1, 0.15) is 38.2 Å². The number of hydrogen-bond acceptors (Lipinski definition) is 8. The van der Waals surface area contributed by atoms with Crippen molar-refractivity contribution in [1.82, 2.24) is 0 Å². The van der Waals surface area contributed by atoms with Crippen molar-refractivity contribution < 1.29 is 37.8 Å². The first-order valence-corrected chi connectivity index (χ1v) is 10.0. The fourth-order valence-corrected chi connectivity index (χ4v) is 2.94. The molecule has 0 aliphatic heterocycles. The van der Waals surface area contributed by atoms with Gasteiger partial charge in [-0.3, -0.25) is 14.4 Å². The topological polar surface area (TPSA) is 133 Å². The number of anilines is 2. The third kappa shape index (κ3) is 5.80. The monoisotopic (exact) mass is 466 g/mol. The van der Waals surface area contributed by atoms with E-state index in [-0.39, 0.29) is 34.3 Å². The molecule has 1 aromatic heterocycles. The molecule has 0 aliphatic rings. The summed E-state index contributed by atoms with van der Waals surface area (Å²) in [7, 11) is 2.79. The third-order valence-corrected chi connectivity index (χ3v) is 4.65. The van der Waals surface area contributed by atoms with Gasteiger partial charge in [-0.05, 0) is 43.3 Å². The Morgan fingerprint density at radius 1 is 0.912 bits per heavy atom. The lowest BCUT2D eigenvalue weighted by Crippen LogP contribution is -2.22. The van der Waals surface area contributed by atoms with Crippen LogP contribution in [-0.2, 0) is 9.53 Å². The van der Waals surface area contributed by atoms with E-state index < -0.39 is 24.4 Å². The highest BCUT2D eigenvalue weighted by atomic mass is 16.5. The van der Waals surface area contributed by atoms with Crippen molar-refractivity contribution in [3.8, 4) is 11.5 Å². The van der Waals surface area contributed by atoms with Gasteiger partial charge in [0.25, 0.3) is 11.8 Å². The number of carbonyl (C=O) groups is 4. The summed E-state index contributed by atoms with van der Waals surface area (Å²) in [5, 5.41) is 5.13. The SMILES string of the molecule is COc1cc(NC(=O)c2ccco2)c(C(=O)OCC(=O)Nc2ccc(C(C)=O)cc2)cc1OC. The summed E-state index contributed by atoms with van der Waals surface area (Å²) in [4.78, 5) is 48.8. The summed E-state index contributed by atoms with van der Waals surface area (Å²) in [6, 6.07) is 12.0. The third-order valence-electron chi connectivity index (χ3n) is 4.65. The maximum absolute atomic E-state index is 12.8. The Balaban J connectivity index is 1.73. The van der Waals surface area contributed by atoms with Crippen molar-refractivity contribution in [3.63, 3.8) is 0 Å². The molecule has 0 aliphatic carbocycles. The number of methoxy groups -OCH3 is 2. The molecule has 10 nitrogen and oxygen atoms in total. The van der Waals surface area contributed by atoms with Crippen LogP contribution in [0.4, 0.5) is 11.4 Å². The number of amides is 2. The molecule has 1 heterocycles. The maximum atomic E-state index is 12.8. The van der Waals surface area contributed by atoms with Gasteiger partial charge in [-0.1, -0.05) is 0 Å². The van der Waals surface area contributed by atoms with Crippen molar-refractivity contribution in [1.29, 1.82) is 0 Å². The minimum absolute atomic E-state index is 0.0317. The number of benzene rings is 2. The normalized spacial score (nSPS) is 10.2. The van der Waals surface area contributed by atoms with Crippen molar-refractivity contribution >= 4 is 34.9 Å². The van der Waals surface area contributed by atoms with Crippen LogP contribution in [0.2, 0.25) is 0 Å². The molecule has 176 valence electrons. The first kappa shape index (κ1) is 24.1. The molecular formula is C24H22N2O8. The van der Waals surface area contributed by atoms with Crippen LogP contribution in [0.5, 0.6) is 11.5 Å². The molecule has 0 saturated carbocycles. The molecule has 0 atom stereocenters. The first-order valence-electron chi connectivity index (χ1n) is 10.0. The number of Topliss-reactive ketones (excluding diaryl/α,β-unsaturated/α-hetero) is 1. The van der Waals surface area contributed by atoms with E-state index >= 15 is 0 Å². The van der Waals surface area contributed by atoms with Gasteiger partial charge in [0.2, 0.25) is 0 Å². The Labute approximate surface area is 194 Å². The first-order chi connectivity index (χ1) is 16.3. The van der Waals surface area contributed by atoms with Crippen molar-refractivity contribution in [2.45, 2.75) is 6.92 Å². The lowest BCUT2D eigenvalue weighted by atomic mass is 10.1. The van der Waals surface area contributed by atoms with Crippen LogP contribution in [0.25, 0.3) is 0 Å². The molecule has 2 N–H and O–H groups in total. The highest BCUT2D eigenvalue weighted by Crippen LogP contribution is 2.34. The Hall–Kier alpha value is -4.60. The zero-order valence-corrected chi connectivity index (χ0v) is 18.7. The standard InChI is InChI=1S/C24H22N2O8/c1-14(27)15-6-8-16(9-7-15)25-22(28)13-34-24(30)17-11-20(31-2)21(32-3)12-18(17)26-23(29)19-5-4-10-33-19/h4-12H,13H2,1-3H3,(H,25,28)(H,26,29). The predicted molar refractivity (Wildman–Crippen MR) is 122 cm³/mol. The van der Waals surface area contributed by atoms with Gasteiger partial charge >= 0.3 is 5.97 Å². The van der Waals surface area contributed by atoms with E-state index in [1.807, 2.05) is 0 Å². The Morgan fingerprint density at radius 3 is 2.18 bits per heavy atom. The highest BCUT2D eigenvalue weighted by molar-refractivity contribution is 6.07. The fraction of sp³-hybridized carbons (Fsp3) is 0.167. The van der Waals surface area contributed by atoms with Gasteiger partial charge in [0, 0.05) is 23.4 Å². The minimum Gasteiger partial charge on any atom is -0.493 e. The van der Waals surface area contributed by atoms with E-state index in [4.69, 9.17) is 18.6 Å². The van der Waals surface area contributed by atoms with E-state index in [2.05, 4.69) is 10.6 Å². The Bertz CT molecular complexity index is 1200. The Kier molecular flexibility index (Phi) is 7.65. The van der Waals surface area contributed by atoms with Gasteiger partial charge in [-0.15, -0.1) is 0 Å². The fourth-order valence-electron chi connectivity index (χ4n) is 2.94. The molecule has 10 heteroatoms. The summed E-state index contributed by atoms with van der Waals surface area (Å²) >= 11 is 0. The molecule has 0 radical (unpaired) electrons. The van der Waals surface area contributed by atoms with Gasteiger partial charge < -0.3 is 29.3 Å². The molecule has 0 unspecified atom stereocenters. The van der Waals surface area contributed by atoms with Gasteiger partial charge in [0.05, 0.1) is 31.7 Å². The molecule has 0 saturated heterocycles. The van der Waals surface area contributed by atoms with Gasteiger partial charge in [0.1, 0.15) is 0 Å². The smallest absolute Gasteiger partial charge is 0.340 e. The van der Waals surface area contributed by atoms with Gasteiger partial charge in [-0.25, -0.2) is 4.79 Å². The second kappa shape index (κ2) is 10.8. The zero-order valence-electron chi connectivity index (χ0n) is 18.7. The number of furan rings is 1. The van der Waals surface area contributed by atoms with Gasteiger partial charge in [-0.2, -0.15) is 0 Å². The molecule has 0 spiro atoms. The largest absolute Gasteiger partial charge is 0.493 e. The molecule has 34 heavy (non-hydrogen) atoms. The van der Waals surface area contributed by atoms with E-state index in [0.29, 0.717) is 11.3 Å².